The third-order valence-corrected chi connectivity index (χ3v) is 6.28. The van der Waals surface area contributed by atoms with Crippen LogP contribution >= 0.6 is 11.6 Å². The zero-order valence-corrected chi connectivity index (χ0v) is 19.4. The highest BCUT2D eigenvalue weighted by Crippen LogP contribution is 2.26. The molecular formula is C27H23ClN4O2. The van der Waals surface area contributed by atoms with Gasteiger partial charge in [-0.05, 0) is 36.2 Å². The summed E-state index contributed by atoms with van der Waals surface area (Å²) < 4.78 is 3.30. The number of hydrogen-bond donors (Lipinski definition) is 1. The highest BCUT2D eigenvalue weighted by molar-refractivity contribution is 6.31. The largest absolute Gasteiger partial charge is 0.350 e. The number of amides is 1. The molecule has 0 atom stereocenters. The average Bonchev–Trinajstić information content (AvgIpc) is 3.14. The van der Waals surface area contributed by atoms with Gasteiger partial charge in [-0.2, -0.15) is 0 Å². The van der Waals surface area contributed by atoms with Crippen LogP contribution in [0.5, 0.6) is 0 Å². The molecule has 0 aliphatic rings. The summed E-state index contributed by atoms with van der Waals surface area (Å²) in [5, 5.41) is 4.40. The fourth-order valence-corrected chi connectivity index (χ4v) is 4.39. The maximum absolute atomic E-state index is 13.6. The molecule has 0 bridgehead atoms. The van der Waals surface area contributed by atoms with Crippen molar-refractivity contribution in [3.05, 3.63) is 111 Å². The predicted molar refractivity (Wildman–Crippen MR) is 135 cm³/mol. The summed E-state index contributed by atoms with van der Waals surface area (Å²) in [7, 11) is 0. The molecule has 2 aromatic heterocycles. The summed E-state index contributed by atoms with van der Waals surface area (Å²) in [6.07, 6.45) is 1.55. The molecule has 7 heteroatoms. The van der Waals surface area contributed by atoms with Crippen molar-refractivity contribution < 1.29 is 4.79 Å². The lowest BCUT2D eigenvalue weighted by Gasteiger charge is -2.10. The summed E-state index contributed by atoms with van der Waals surface area (Å²) in [6, 6.07) is 23.1. The second kappa shape index (κ2) is 9.15. The maximum Gasteiger partial charge on any atom is 0.278 e. The van der Waals surface area contributed by atoms with E-state index in [2.05, 4.69) is 10.3 Å². The van der Waals surface area contributed by atoms with Gasteiger partial charge in [-0.25, -0.2) is 4.98 Å². The van der Waals surface area contributed by atoms with Crippen molar-refractivity contribution in [3.8, 4) is 0 Å². The minimum Gasteiger partial charge on any atom is -0.350 e. The summed E-state index contributed by atoms with van der Waals surface area (Å²) >= 11 is 6.32. The molecule has 0 spiro atoms. The van der Waals surface area contributed by atoms with E-state index < -0.39 is 0 Å². The van der Waals surface area contributed by atoms with E-state index in [1.165, 1.54) is 4.57 Å². The van der Waals surface area contributed by atoms with Crippen LogP contribution < -0.4 is 10.9 Å². The minimum absolute atomic E-state index is 0.0168. The molecule has 3 aromatic carbocycles. The Hall–Kier alpha value is -3.90. The molecule has 170 valence electrons. The first kappa shape index (κ1) is 21.9. The zero-order chi connectivity index (χ0) is 23.7. The number of nitrogens with zero attached hydrogens (tertiary/aromatic N) is 3. The van der Waals surface area contributed by atoms with E-state index in [0.717, 1.165) is 27.6 Å². The Morgan fingerprint density at radius 2 is 1.79 bits per heavy atom. The van der Waals surface area contributed by atoms with Gasteiger partial charge < -0.3 is 9.88 Å². The number of halogens is 1. The van der Waals surface area contributed by atoms with Crippen LogP contribution in [0.3, 0.4) is 0 Å². The van der Waals surface area contributed by atoms with Crippen LogP contribution in [0, 0.1) is 6.92 Å². The van der Waals surface area contributed by atoms with Crippen LogP contribution in [0.1, 0.15) is 16.7 Å². The number of carbonyl (C=O) groups is 1. The van der Waals surface area contributed by atoms with Crippen molar-refractivity contribution >= 4 is 39.4 Å². The number of aromatic nitrogens is 3. The van der Waals surface area contributed by atoms with Crippen molar-refractivity contribution in [3.63, 3.8) is 0 Å². The SMILES string of the molecule is Cc1ccc2c(c1)c1ncn(Cc3ccccc3Cl)c(=O)c1n2CC(=O)NCc1ccccc1. The van der Waals surface area contributed by atoms with Crippen LogP contribution in [0.15, 0.2) is 83.9 Å². The summed E-state index contributed by atoms with van der Waals surface area (Å²) in [5.74, 6) is -0.177. The Morgan fingerprint density at radius 1 is 1.03 bits per heavy atom. The van der Waals surface area contributed by atoms with Gasteiger partial charge >= 0.3 is 0 Å². The minimum atomic E-state index is -0.213. The van der Waals surface area contributed by atoms with Crippen molar-refractivity contribution in [2.45, 2.75) is 26.6 Å². The average molecular weight is 471 g/mol. The number of nitrogens with one attached hydrogen (secondary N) is 1. The van der Waals surface area contributed by atoms with Crippen LogP contribution in [0.25, 0.3) is 21.9 Å². The first-order chi connectivity index (χ1) is 16.5. The number of carbonyl (C=O) groups excluding carboxylic acids is 1. The molecule has 0 saturated heterocycles. The standard InChI is InChI=1S/C27H23ClN4O2/c1-18-11-12-23-21(13-18)25-26(32(23)16-24(33)29-14-19-7-3-2-4-8-19)27(34)31(17-30-25)15-20-9-5-6-10-22(20)28/h2-13,17H,14-16H2,1H3,(H,29,33). The van der Waals surface area contributed by atoms with Crippen molar-refractivity contribution in [2.75, 3.05) is 0 Å². The molecule has 0 saturated carbocycles. The zero-order valence-electron chi connectivity index (χ0n) is 18.7. The Kier molecular flexibility index (Phi) is 5.90. The van der Waals surface area contributed by atoms with E-state index >= 15 is 0 Å². The van der Waals surface area contributed by atoms with Crippen molar-refractivity contribution in [1.29, 1.82) is 0 Å². The third-order valence-electron chi connectivity index (χ3n) is 5.91. The van der Waals surface area contributed by atoms with Gasteiger partial charge in [0.2, 0.25) is 5.91 Å². The normalized spacial score (nSPS) is 11.2. The molecule has 34 heavy (non-hydrogen) atoms. The molecule has 0 aliphatic heterocycles. The molecule has 5 aromatic rings. The van der Waals surface area contributed by atoms with Crippen molar-refractivity contribution in [2.24, 2.45) is 0 Å². The predicted octanol–water partition coefficient (Wildman–Crippen LogP) is 4.68. The number of benzene rings is 3. The van der Waals surface area contributed by atoms with Gasteiger partial charge in [0.1, 0.15) is 17.6 Å². The summed E-state index contributed by atoms with van der Waals surface area (Å²) in [6.45, 7) is 2.73. The Labute approximate surface area is 201 Å². The van der Waals surface area contributed by atoms with Gasteiger partial charge in [-0.3, -0.25) is 14.2 Å². The van der Waals surface area contributed by atoms with Crippen LogP contribution in [0.2, 0.25) is 5.02 Å². The molecule has 0 unspecified atom stereocenters. The highest BCUT2D eigenvalue weighted by atomic mass is 35.5. The molecule has 2 heterocycles. The number of hydrogen-bond acceptors (Lipinski definition) is 3. The lowest BCUT2D eigenvalue weighted by molar-refractivity contribution is -0.121. The topological polar surface area (TPSA) is 68.9 Å². The van der Waals surface area contributed by atoms with Gasteiger partial charge in [-0.15, -0.1) is 0 Å². The lowest BCUT2D eigenvalue weighted by Crippen LogP contribution is -2.29. The van der Waals surface area contributed by atoms with E-state index in [4.69, 9.17) is 11.6 Å². The van der Waals surface area contributed by atoms with Crippen LogP contribution in [-0.2, 0) is 24.4 Å². The fraction of sp³-hybridized carbons (Fsp3) is 0.148. The second-order valence-electron chi connectivity index (χ2n) is 8.34. The summed E-state index contributed by atoms with van der Waals surface area (Å²) in [5.41, 5.74) is 4.48. The monoisotopic (exact) mass is 470 g/mol. The van der Waals surface area contributed by atoms with E-state index in [-0.39, 0.29) is 18.0 Å². The maximum atomic E-state index is 13.6. The molecule has 5 rings (SSSR count). The molecule has 0 aliphatic carbocycles. The third kappa shape index (κ3) is 4.20. The fourth-order valence-electron chi connectivity index (χ4n) is 4.20. The highest BCUT2D eigenvalue weighted by Gasteiger charge is 2.19. The number of rotatable bonds is 6. The van der Waals surface area contributed by atoms with Crippen LogP contribution in [-0.4, -0.2) is 20.0 Å². The van der Waals surface area contributed by atoms with Gasteiger partial charge in [-0.1, -0.05) is 71.8 Å². The molecule has 1 N–H and O–H groups in total. The Morgan fingerprint density at radius 3 is 2.59 bits per heavy atom. The van der Waals surface area contributed by atoms with E-state index in [1.807, 2.05) is 73.7 Å². The Bertz CT molecular complexity index is 1570. The smallest absolute Gasteiger partial charge is 0.278 e. The molecule has 1 amide bonds. The lowest BCUT2D eigenvalue weighted by atomic mass is 10.1. The van der Waals surface area contributed by atoms with Crippen LogP contribution in [0.4, 0.5) is 0 Å². The first-order valence-corrected chi connectivity index (χ1v) is 11.4. The molecular weight excluding hydrogens is 448 g/mol. The second-order valence-corrected chi connectivity index (χ2v) is 8.74. The summed E-state index contributed by atoms with van der Waals surface area (Å²) in [4.78, 5) is 31.1. The quantitative estimate of drug-likeness (QED) is 0.392. The van der Waals surface area contributed by atoms with E-state index in [9.17, 15) is 9.59 Å². The number of fused-ring (bicyclic) bond motifs is 3. The van der Waals surface area contributed by atoms with Gasteiger partial charge in [0.15, 0.2) is 0 Å². The Balaban J connectivity index is 1.56. The van der Waals surface area contributed by atoms with E-state index in [0.29, 0.717) is 29.1 Å². The van der Waals surface area contributed by atoms with Gasteiger partial charge in [0.05, 0.1) is 18.4 Å². The van der Waals surface area contributed by atoms with Crippen molar-refractivity contribution in [1.82, 2.24) is 19.4 Å². The van der Waals surface area contributed by atoms with Gasteiger partial charge in [0, 0.05) is 17.0 Å². The molecule has 0 radical (unpaired) electrons. The van der Waals surface area contributed by atoms with Gasteiger partial charge in [0.25, 0.3) is 5.56 Å². The molecule has 6 nitrogen and oxygen atoms in total. The first-order valence-electron chi connectivity index (χ1n) is 11.0. The molecule has 0 fully saturated rings. The van der Waals surface area contributed by atoms with E-state index in [1.54, 1.807) is 17.0 Å². The number of aryl methyl sites for hydroxylation is 1.